The summed E-state index contributed by atoms with van der Waals surface area (Å²) in [6.07, 6.45) is 1.85. The second kappa shape index (κ2) is 13.4. The minimum Gasteiger partial charge on any atom is -0.481 e. The summed E-state index contributed by atoms with van der Waals surface area (Å²) in [5.74, 6) is -0.789. The SMILES string of the molecule is CC(C)C[C@H](CCCNC(=O)O[C@@H](OC(=O)C(C)C)C(C)C)CCC(=O)O. The highest BCUT2D eigenvalue weighted by atomic mass is 16.7. The molecule has 2 atom stereocenters. The molecule has 0 heterocycles. The number of carbonyl (C=O) groups is 3. The first kappa shape index (κ1) is 25.2. The van der Waals surface area contributed by atoms with E-state index >= 15 is 0 Å². The van der Waals surface area contributed by atoms with E-state index in [9.17, 15) is 14.4 Å². The van der Waals surface area contributed by atoms with Crippen molar-refractivity contribution in [1.29, 1.82) is 0 Å². The summed E-state index contributed by atoms with van der Waals surface area (Å²) < 4.78 is 10.4. The molecular formula is C20H37NO6. The van der Waals surface area contributed by atoms with Crippen molar-refractivity contribution in [2.45, 2.75) is 79.9 Å². The highest BCUT2D eigenvalue weighted by molar-refractivity contribution is 5.72. The first-order chi connectivity index (χ1) is 12.5. The summed E-state index contributed by atoms with van der Waals surface area (Å²) in [5.41, 5.74) is 0. The average Bonchev–Trinajstić information content (AvgIpc) is 2.54. The summed E-state index contributed by atoms with van der Waals surface area (Å²) in [6.45, 7) is 11.7. The Bertz CT molecular complexity index is 461. The molecule has 0 radical (unpaired) electrons. The van der Waals surface area contributed by atoms with Gasteiger partial charge in [-0.1, -0.05) is 41.5 Å². The normalized spacial score (nSPS) is 13.5. The van der Waals surface area contributed by atoms with E-state index in [1.165, 1.54) is 0 Å². The highest BCUT2D eigenvalue weighted by Gasteiger charge is 2.24. The fraction of sp³-hybridized carbons (Fsp3) is 0.850. The van der Waals surface area contributed by atoms with Crippen LogP contribution in [0.1, 0.15) is 73.6 Å². The van der Waals surface area contributed by atoms with Gasteiger partial charge in [-0.3, -0.25) is 9.59 Å². The van der Waals surface area contributed by atoms with Gasteiger partial charge in [0.05, 0.1) is 5.92 Å². The molecule has 7 heteroatoms. The van der Waals surface area contributed by atoms with E-state index in [1.807, 2.05) is 13.8 Å². The van der Waals surface area contributed by atoms with Gasteiger partial charge in [0.25, 0.3) is 6.29 Å². The van der Waals surface area contributed by atoms with Gasteiger partial charge in [0.15, 0.2) is 0 Å². The number of esters is 1. The van der Waals surface area contributed by atoms with Crippen molar-refractivity contribution >= 4 is 18.0 Å². The number of rotatable bonds is 13. The van der Waals surface area contributed by atoms with Crippen LogP contribution in [0.4, 0.5) is 4.79 Å². The lowest BCUT2D eigenvalue weighted by molar-refractivity contribution is -0.178. The summed E-state index contributed by atoms with van der Waals surface area (Å²) in [4.78, 5) is 34.4. The van der Waals surface area contributed by atoms with Gasteiger partial charge in [0.2, 0.25) is 0 Å². The molecule has 0 saturated heterocycles. The molecule has 27 heavy (non-hydrogen) atoms. The van der Waals surface area contributed by atoms with Gasteiger partial charge in [0.1, 0.15) is 0 Å². The Labute approximate surface area is 163 Å². The van der Waals surface area contributed by atoms with Crippen LogP contribution in [0.5, 0.6) is 0 Å². The fourth-order valence-corrected chi connectivity index (χ4v) is 2.65. The number of carbonyl (C=O) groups excluding carboxylic acids is 2. The third kappa shape index (κ3) is 13.1. The Kier molecular flexibility index (Phi) is 12.5. The monoisotopic (exact) mass is 387 g/mol. The van der Waals surface area contributed by atoms with E-state index in [2.05, 4.69) is 19.2 Å². The van der Waals surface area contributed by atoms with Crippen molar-refractivity contribution in [2.75, 3.05) is 6.54 Å². The maximum atomic E-state index is 11.9. The molecule has 0 unspecified atom stereocenters. The molecule has 0 aromatic carbocycles. The van der Waals surface area contributed by atoms with E-state index in [0.717, 1.165) is 19.3 Å². The van der Waals surface area contributed by atoms with E-state index in [0.29, 0.717) is 24.8 Å². The quantitative estimate of drug-likeness (QED) is 0.279. The third-order valence-corrected chi connectivity index (χ3v) is 4.10. The molecule has 0 fully saturated rings. The van der Waals surface area contributed by atoms with Crippen molar-refractivity contribution in [3.05, 3.63) is 0 Å². The molecule has 158 valence electrons. The maximum Gasteiger partial charge on any atom is 0.410 e. The van der Waals surface area contributed by atoms with Gasteiger partial charge in [0, 0.05) is 18.9 Å². The molecule has 0 spiro atoms. The van der Waals surface area contributed by atoms with E-state index in [1.54, 1.807) is 13.8 Å². The van der Waals surface area contributed by atoms with Crippen molar-refractivity contribution < 1.29 is 29.0 Å². The van der Waals surface area contributed by atoms with Crippen LogP contribution in [0, 0.1) is 23.7 Å². The van der Waals surface area contributed by atoms with Gasteiger partial charge >= 0.3 is 18.0 Å². The Morgan fingerprint density at radius 1 is 0.963 bits per heavy atom. The second-order valence-corrected chi connectivity index (χ2v) is 8.11. The largest absolute Gasteiger partial charge is 0.481 e. The molecule has 0 bridgehead atoms. The van der Waals surface area contributed by atoms with Crippen molar-refractivity contribution in [1.82, 2.24) is 5.32 Å². The van der Waals surface area contributed by atoms with E-state index < -0.39 is 24.3 Å². The standard InChI is InChI=1S/C20H37NO6/c1-13(2)12-16(9-10-17(22)23)8-7-11-21-20(25)27-19(15(5)6)26-18(24)14(3)4/h13-16,19H,7-12H2,1-6H3,(H,21,25)(H,22,23)/t16-,19-/m1/s1. The lowest BCUT2D eigenvalue weighted by atomic mass is 9.89. The Morgan fingerprint density at radius 2 is 1.59 bits per heavy atom. The maximum absolute atomic E-state index is 11.9. The Hall–Kier alpha value is -1.79. The zero-order valence-electron chi connectivity index (χ0n) is 17.6. The topological polar surface area (TPSA) is 102 Å². The van der Waals surface area contributed by atoms with Crippen LogP contribution in [-0.4, -0.2) is 36.0 Å². The van der Waals surface area contributed by atoms with Crippen molar-refractivity contribution in [3.8, 4) is 0 Å². The fourth-order valence-electron chi connectivity index (χ4n) is 2.65. The second-order valence-electron chi connectivity index (χ2n) is 8.11. The summed E-state index contributed by atoms with van der Waals surface area (Å²) in [6, 6.07) is 0. The first-order valence-corrected chi connectivity index (χ1v) is 9.89. The predicted molar refractivity (Wildman–Crippen MR) is 103 cm³/mol. The third-order valence-electron chi connectivity index (χ3n) is 4.10. The number of aliphatic carboxylic acids is 1. The smallest absolute Gasteiger partial charge is 0.410 e. The Morgan fingerprint density at radius 3 is 2.07 bits per heavy atom. The number of amides is 1. The van der Waals surface area contributed by atoms with Gasteiger partial charge in [-0.25, -0.2) is 4.79 Å². The van der Waals surface area contributed by atoms with Crippen LogP contribution in [0.3, 0.4) is 0 Å². The molecule has 2 N–H and O–H groups in total. The van der Waals surface area contributed by atoms with Crippen LogP contribution in [0.25, 0.3) is 0 Å². The number of alkyl carbamates (subject to hydrolysis) is 1. The summed E-state index contributed by atoms with van der Waals surface area (Å²) >= 11 is 0. The van der Waals surface area contributed by atoms with E-state index in [-0.39, 0.29) is 18.3 Å². The van der Waals surface area contributed by atoms with Gasteiger partial charge < -0.3 is 19.9 Å². The first-order valence-electron chi connectivity index (χ1n) is 9.89. The highest BCUT2D eigenvalue weighted by Crippen LogP contribution is 2.22. The van der Waals surface area contributed by atoms with E-state index in [4.69, 9.17) is 14.6 Å². The number of hydrogen-bond acceptors (Lipinski definition) is 5. The zero-order valence-corrected chi connectivity index (χ0v) is 17.6. The van der Waals surface area contributed by atoms with Crippen LogP contribution in [0.15, 0.2) is 0 Å². The molecule has 0 aromatic rings. The minimum atomic E-state index is -0.913. The number of carboxylic acids is 1. The lowest BCUT2D eigenvalue weighted by Gasteiger charge is -2.22. The molecule has 0 aliphatic carbocycles. The van der Waals surface area contributed by atoms with Gasteiger partial charge in [-0.2, -0.15) is 0 Å². The van der Waals surface area contributed by atoms with Crippen LogP contribution >= 0.6 is 0 Å². The number of ether oxygens (including phenoxy) is 2. The molecule has 0 aliphatic heterocycles. The molecular weight excluding hydrogens is 350 g/mol. The van der Waals surface area contributed by atoms with Crippen LogP contribution in [0.2, 0.25) is 0 Å². The molecule has 0 aromatic heterocycles. The van der Waals surface area contributed by atoms with Gasteiger partial charge in [-0.05, 0) is 37.5 Å². The number of carboxylic acid groups (broad SMARTS) is 1. The lowest BCUT2D eigenvalue weighted by Crippen LogP contribution is -2.35. The Balaban J connectivity index is 4.29. The summed E-state index contributed by atoms with van der Waals surface area (Å²) in [5, 5.41) is 11.5. The van der Waals surface area contributed by atoms with Gasteiger partial charge in [-0.15, -0.1) is 0 Å². The van der Waals surface area contributed by atoms with Crippen molar-refractivity contribution in [3.63, 3.8) is 0 Å². The molecule has 0 saturated carbocycles. The van der Waals surface area contributed by atoms with Crippen LogP contribution in [-0.2, 0) is 19.1 Å². The molecule has 0 rings (SSSR count). The molecule has 7 nitrogen and oxygen atoms in total. The molecule has 1 amide bonds. The number of nitrogens with one attached hydrogen (secondary N) is 1. The summed E-state index contributed by atoms with van der Waals surface area (Å²) in [7, 11) is 0. The zero-order chi connectivity index (χ0) is 21.0. The van der Waals surface area contributed by atoms with Crippen molar-refractivity contribution in [2.24, 2.45) is 23.7 Å². The minimum absolute atomic E-state index is 0.148. The van der Waals surface area contributed by atoms with Crippen LogP contribution < -0.4 is 5.32 Å². The predicted octanol–water partition coefficient (Wildman–Crippen LogP) is 4.20. The average molecular weight is 388 g/mol. The molecule has 0 aliphatic rings. The number of hydrogen-bond donors (Lipinski definition) is 2.